The number of ether oxygens (including phenoxy) is 2. The highest BCUT2D eigenvalue weighted by Crippen LogP contribution is 2.47. The number of nitrogens with zero attached hydrogens (tertiary/aromatic N) is 2. The second-order valence-corrected chi connectivity index (χ2v) is 9.97. The van der Waals surface area contributed by atoms with Gasteiger partial charge in [0.05, 0.1) is 28.3 Å². The van der Waals surface area contributed by atoms with E-state index in [9.17, 15) is 15.3 Å². The van der Waals surface area contributed by atoms with Crippen molar-refractivity contribution in [3.8, 4) is 34.8 Å². The van der Waals surface area contributed by atoms with Crippen LogP contribution in [-0.2, 0) is 4.74 Å². The molecule has 196 valence electrons. The number of rotatable bonds is 9. The summed E-state index contributed by atoms with van der Waals surface area (Å²) in [6, 6.07) is 21.8. The topological polar surface area (TPSA) is 83.1 Å². The molecule has 0 spiro atoms. The van der Waals surface area contributed by atoms with Gasteiger partial charge in [0.15, 0.2) is 5.75 Å². The monoisotopic (exact) mass is 556 g/mol. The van der Waals surface area contributed by atoms with Gasteiger partial charge in [0, 0.05) is 10.9 Å². The fourth-order valence-corrected chi connectivity index (χ4v) is 4.73. The van der Waals surface area contributed by atoms with E-state index in [0.29, 0.717) is 34.3 Å². The predicted molar refractivity (Wildman–Crippen MR) is 155 cm³/mol. The molecule has 0 N–H and O–H groups in total. The number of nitriles is 2. The molecular weight excluding hydrogens is 531 g/mol. The third-order valence-electron chi connectivity index (χ3n) is 6.39. The van der Waals surface area contributed by atoms with Crippen molar-refractivity contribution >= 4 is 39.9 Å². The van der Waals surface area contributed by atoms with E-state index in [1.54, 1.807) is 36.4 Å². The Morgan fingerprint density at radius 3 is 2.28 bits per heavy atom. The number of halogens is 2. The lowest BCUT2D eigenvalue weighted by Gasteiger charge is -2.18. The van der Waals surface area contributed by atoms with Crippen LogP contribution in [0.2, 0.25) is 10.0 Å². The fourth-order valence-electron chi connectivity index (χ4n) is 4.34. The van der Waals surface area contributed by atoms with Crippen LogP contribution in [0.3, 0.4) is 0 Å². The van der Waals surface area contributed by atoms with Crippen LogP contribution in [0.25, 0.3) is 21.9 Å². The molecule has 0 amide bonds. The zero-order valence-electron chi connectivity index (χ0n) is 21.7. The van der Waals surface area contributed by atoms with Crippen molar-refractivity contribution in [1.29, 1.82) is 10.5 Å². The molecule has 0 aliphatic rings. The quantitative estimate of drug-likeness (QED) is 0.151. The maximum atomic E-state index is 12.4. The maximum absolute atomic E-state index is 12.4. The van der Waals surface area contributed by atoms with Gasteiger partial charge in [-0.3, -0.25) is 0 Å². The van der Waals surface area contributed by atoms with Gasteiger partial charge in [0.25, 0.3) is 0 Å². The number of aryl methyl sites for hydroxylation is 1. The van der Waals surface area contributed by atoms with E-state index < -0.39 is 5.97 Å². The van der Waals surface area contributed by atoms with Crippen LogP contribution in [0.15, 0.2) is 60.7 Å². The van der Waals surface area contributed by atoms with Crippen LogP contribution in [0.5, 0.6) is 11.5 Å². The Kier molecular flexibility index (Phi) is 9.10. The summed E-state index contributed by atoms with van der Waals surface area (Å²) in [5.74, 6) is 0.272. The Morgan fingerprint density at radius 2 is 1.64 bits per heavy atom. The van der Waals surface area contributed by atoms with E-state index in [1.807, 2.05) is 31.2 Å². The standard InChI is InChI=1S/C32H26Cl2N2O3/c1-3-4-5-6-15-38-32(37)22-11-13-25(14-12-22)39-31-29-23(17-27(33)30(31)34)16-24(18-35)26(19-36)28(29)21-9-7-20(2)8-10-21/h7-14,16-17H,3-6,15H2,1-2H3. The molecule has 39 heavy (non-hydrogen) atoms. The second-order valence-electron chi connectivity index (χ2n) is 9.19. The summed E-state index contributed by atoms with van der Waals surface area (Å²) in [5, 5.41) is 21.4. The SMILES string of the molecule is CCCCCCOC(=O)c1ccc(Oc2c(Cl)c(Cl)cc3cc(C#N)c(C#N)c(-c4ccc(C)cc4)c23)cc1. The highest BCUT2D eigenvalue weighted by molar-refractivity contribution is 6.44. The highest BCUT2D eigenvalue weighted by atomic mass is 35.5. The molecule has 7 heteroatoms. The molecule has 4 rings (SSSR count). The number of esters is 1. The summed E-state index contributed by atoms with van der Waals surface area (Å²) in [5.41, 5.74) is 3.17. The van der Waals surface area contributed by atoms with Crippen molar-refractivity contribution in [1.82, 2.24) is 0 Å². The molecule has 0 atom stereocenters. The number of hydrogen-bond donors (Lipinski definition) is 0. The molecule has 4 aromatic rings. The average Bonchev–Trinajstić information content (AvgIpc) is 2.95. The van der Waals surface area contributed by atoms with Crippen LogP contribution >= 0.6 is 23.2 Å². The van der Waals surface area contributed by atoms with Gasteiger partial charge in [0.1, 0.15) is 22.9 Å². The molecule has 0 saturated carbocycles. The van der Waals surface area contributed by atoms with Gasteiger partial charge in [-0.15, -0.1) is 0 Å². The van der Waals surface area contributed by atoms with Crippen molar-refractivity contribution in [2.45, 2.75) is 39.5 Å². The van der Waals surface area contributed by atoms with Crippen LogP contribution in [0, 0.1) is 29.6 Å². The molecule has 0 fully saturated rings. The summed E-state index contributed by atoms with van der Waals surface area (Å²) >= 11 is 13.1. The second kappa shape index (κ2) is 12.7. The molecule has 4 aromatic carbocycles. The number of carbonyl (C=O) groups excluding carboxylic acids is 1. The molecule has 0 radical (unpaired) electrons. The lowest BCUT2D eigenvalue weighted by molar-refractivity contribution is 0.0498. The summed E-state index contributed by atoms with van der Waals surface area (Å²) in [4.78, 5) is 12.4. The average molecular weight is 557 g/mol. The smallest absolute Gasteiger partial charge is 0.338 e. The summed E-state index contributed by atoms with van der Waals surface area (Å²) in [6.45, 7) is 4.48. The molecule has 0 bridgehead atoms. The van der Waals surface area contributed by atoms with Gasteiger partial charge in [-0.25, -0.2) is 4.79 Å². The van der Waals surface area contributed by atoms with Crippen LogP contribution in [-0.4, -0.2) is 12.6 Å². The van der Waals surface area contributed by atoms with E-state index in [2.05, 4.69) is 19.1 Å². The molecule has 0 unspecified atom stereocenters. The van der Waals surface area contributed by atoms with E-state index in [4.69, 9.17) is 32.7 Å². The van der Waals surface area contributed by atoms with Crippen molar-refractivity contribution in [2.24, 2.45) is 0 Å². The van der Waals surface area contributed by atoms with Crippen LogP contribution < -0.4 is 4.74 Å². The zero-order valence-corrected chi connectivity index (χ0v) is 23.2. The van der Waals surface area contributed by atoms with Gasteiger partial charge < -0.3 is 9.47 Å². The van der Waals surface area contributed by atoms with E-state index in [1.165, 1.54) is 0 Å². The summed E-state index contributed by atoms with van der Waals surface area (Å²) in [6.07, 6.45) is 4.09. The van der Waals surface area contributed by atoms with Crippen molar-refractivity contribution < 1.29 is 14.3 Å². The number of hydrogen-bond acceptors (Lipinski definition) is 5. The third-order valence-corrected chi connectivity index (χ3v) is 7.16. The molecule has 0 aliphatic heterocycles. The molecule has 5 nitrogen and oxygen atoms in total. The molecule has 0 aliphatic carbocycles. The Bertz CT molecular complexity index is 1600. The van der Waals surface area contributed by atoms with E-state index >= 15 is 0 Å². The minimum Gasteiger partial charge on any atom is -0.462 e. The number of benzene rings is 4. The van der Waals surface area contributed by atoms with Crippen molar-refractivity contribution in [2.75, 3.05) is 6.61 Å². The van der Waals surface area contributed by atoms with Crippen molar-refractivity contribution in [3.63, 3.8) is 0 Å². The van der Waals surface area contributed by atoms with E-state index in [0.717, 1.165) is 36.8 Å². The Labute approximate surface area is 238 Å². The van der Waals surface area contributed by atoms with Crippen LogP contribution in [0.1, 0.15) is 59.7 Å². The number of fused-ring (bicyclic) bond motifs is 1. The van der Waals surface area contributed by atoms with Gasteiger partial charge >= 0.3 is 5.97 Å². The lowest BCUT2D eigenvalue weighted by atomic mass is 9.89. The Balaban J connectivity index is 1.76. The Hall–Kier alpha value is -4.03. The van der Waals surface area contributed by atoms with Gasteiger partial charge in [-0.1, -0.05) is 79.2 Å². The molecule has 0 saturated heterocycles. The Morgan fingerprint density at radius 1 is 0.923 bits per heavy atom. The third kappa shape index (κ3) is 6.18. The summed E-state index contributed by atoms with van der Waals surface area (Å²) < 4.78 is 11.6. The minimum absolute atomic E-state index is 0.168. The number of carbonyl (C=O) groups is 1. The first-order valence-corrected chi connectivity index (χ1v) is 13.4. The maximum Gasteiger partial charge on any atom is 0.338 e. The van der Waals surface area contributed by atoms with Gasteiger partial charge in [-0.2, -0.15) is 10.5 Å². The zero-order chi connectivity index (χ0) is 27.9. The summed E-state index contributed by atoms with van der Waals surface area (Å²) in [7, 11) is 0. The van der Waals surface area contributed by atoms with E-state index in [-0.39, 0.29) is 26.9 Å². The number of unbranched alkanes of at least 4 members (excludes halogenated alkanes) is 3. The largest absolute Gasteiger partial charge is 0.462 e. The molecule has 0 heterocycles. The molecular formula is C32H26Cl2N2O3. The van der Waals surface area contributed by atoms with Crippen molar-refractivity contribution in [3.05, 3.63) is 93.0 Å². The minimum atomic E-state index is -0.395. The highest BCUT2D eigenvalue weighted by Gasteiger charge is 2.23. The first-order valence-electron chi connectivity index (χ1n) is 12.7. The first kappa shape index (κ1) is 28.0. The molecule has 0 aromatic heterocycles. The lowest BCUT2D eigenvalue weighted by Crippen LogP contribution is -2.06. The van der Waals surface area contributed by atoms with Gasteiger partial charge in [0.2, 0.25) is 0 Å². The first-order chi connectivity index (χ1) is 18.9. The fraction of sp³-hybridized carbons (Fsp3) is 0.219. The van der Waals surface area contributed by atoms with Crippen LogP contribution in [0.4, 0.5) is 0 Å². The predicted octanol–water partition coefficient (Wildman–Crippen LogP) is 9.39. The normalized spacial score (nSPS) is 10.6. The van der Waals surface area contributed by atoms with Gasteiger partial charge in [-0.05, 0) is 60.7 Å².